The molecule has 0 aromatic heterocycles. The molecule has 1 fully saturated rings. The number of hydroxylamine groups is 2. The molecule has 1 aliphatic rings. The fourth-order valence-corrected chi connectivity index (χ4v) is 2.25. The monoisotopic (exact) mass is 297 g/mol. The van der Waals surface area contributed by atoms with Gasteiger partial charge in [0, 0.05) is 5.02 Å². The lowest BCUT2D eigenvalue weighted by molar-refractivity contribution is -0.258. The van der Waals surface area contributed by atoms with Crippen LogP contribution < -0.4 is 0 Å². The van der Waals surface area contributed by atoms with Gasteiger partial charge >= 0.3 is 0 Å². The lowest BCUT2D eigenvalue weighted by Crippen LogP contribution is -2.35. The highest BCUT2D eigenvalue weighted by Gasteiger charge is 2.50. The molecule has 0 saturated carbocycles. The highest BCUT2D eigenvalue weighted by atomic mass is 35.5. The van der Waals surface area contributed by atoms with E-state index in [0.717, 1.165) is 5.56 Å². The fourth-order valence-electron chi connectivity index (χ4n) is 2.05. The van der Waals surface area contributed by atoms with E-state index in [1.807, 2.05) is 45.9 Å². The van der Waals surface area contributed by atoms with E-state index in [1.165, 1.54) is 5.06 Å². The molecule has 0 spiro atoms. The minimum atomic E-state index is -0.703. The maximum atomic E-state index is 12.4. The molecular weight excluding hydrogens is 278 g/mol. The van der Waals surface area contributed by atoms with Crippen LogP contribution in [0.3, 0.4) is 0 Å². The Morgan fingerprint density at radius 2 is 2.05 bits per heavy atom. The maximum Gasteiger partial charge on any atom is 0.257 e. The van der Waals surface area contributed by atoms with Crippen molar-refractivity contribution in [1.82, 2.24) is 5.06 Å². The Hall–Kier alpha value is -1.10. The average molecular weight is 298 g/mol. The minimum absolute atomic E-state index is 0.00709. The largest absolute Gasteiger partial charge is 0.347 e. The van der Waals surface area contributed by atoms with Crippen LogP contribution in [0.25, 0.3) is 0 Å². The third-order valence-electron chi connectivity index (χ3n) is 3.26. The van der Waals surface area contributed by atoms with E-state index in [0.29, 0.717) is 11.6 Å². The van der Waals surface area contributed by atoms with E-state index >= 15 is 0 Å². The normalized spacial score (nSPS) is 21.8. The average Bonchev–Trinajstić information content (AvgIpc) is 2.56. The third kappa shape index (κ3) is 2.97. The molecular formula is C15H20ClNO3. The van der Waals surface area contributed by atoms with Crippen LogP contribution in [0.15, 0.2) is 24.3 Å². The number of hydrogen-bond acceptors (Lipinski definition) is 3. The van der Waals surface area contributed by atoms with E-state index in [1.54, 1.807) is 6.07 Å². The van der Waals surface area contributed by atoms with Crippen molar-refractivity contribution in [3.63, 3.8) is 0 Å². The summed E-state index contributed by atoms with van der Waals surface area (Å²) in [6.45, 7) is 7.81. The summed E-state index contributed by atoms with van der Waals surface area (Å²) < 4.78 is 5.68. The molecule has 1 atom stereocenters. The topological polar surface area (TPSA) is 38.8 Å². The fraction of sp³-hybridized carbons (Fsp3) is 0.533. The molecule has 0 bridgehead atoms. The van der Waals surface area contributed by atoms with Gasteiger partial charge in [0.05, 0.1) is 18.1 Å². The zero-order chi connectivity index (χ0) is 14.9. The van der Waals surface area contributed by atoms with Gasteiger partial charge in [0.15, 0.2) is 6.29 Å². The number of rotatable bonds is 4. The number of halogens is 1. The van der Waals surface area contributed by atoms with Crippen molar-refractivity contribution in [2.24, 2.45) is 5.41 Å². The van der Waals surface area contributed by atoms with E-state index in [9.17, 15) is 4.79 Å². The van der Waals surface area contributed by atoms with Gasteiger partial charge in [-0.2, -0.15) is 0 Å². The van der Waals surface area contributed by atoms with Crippen molar-refractivity contribution in [3.8, 4) is 0 Å². The van der Waals surface area contributed by atoms with Crippen LogP contribution in [0.4, 0.5) is 0 Å². The zero-order valence-corrected chi connectivity index (χ0v) is 13.0. The molecule has 0 radical (unpaired) electrons. The number of ether oxygens (including phenoxy) is 1. The molecule has 1 aliphatic heterocycles. The number of benzene rings is 1. The summed E-state index contributed by atoms with van der Waals surface area (Å²) in [5, 5.41) is 1.96. The van der Waals surface area contributed by atoms with Crippen LogP contribution >= 0.6 is 11.6 Å². The first-order valence-corrected chi connectivity index (χ1v) is 7.07. The summed E-state index contributed by atoms with van der Waals surface area (Å²) in [4.78, 5) is 18.1. The molecule has 110 valence electrons. The Kier molecular flexibility index (Phi) is 4.37. The van der Waals surface area contributed by atoms with Crippen LogP contribution in [-0.2, 0) is 20.9 Å². The Balaban J connectivity index is 2.15. The van der Waals surface area contributed by atoms with Crippen molar-refractivity contribution in [2.45, 2.75) is 46.6 Å². The van der Waals surface area contributed by atoms with Gasteiger partial charge in [-0.05, 0) is 39.3 Å². The summed E-state index contributed by atoms with van der Waals surface area (Å²) in [6.07, 6.45) is -0.579. The second kappa shape index (κ2) is 5.72. The summed E-state index contributed by atoms with van der Waals surface area (Å²) in [5.41, 5.74) is 0.148. The molecule has 1 aromatic carbocycles. The Morgan fingerprint density at radius 1 is 1.40 bits per heavy atom. The van der Waals surface area contributed by atoms with E-state index in [2.05, 4.69) is 0 Å². The lowest BCUT2D eigenvalue weighted by atomic mass is 9.92. The molecule has 5 heteroatoms. The molecule has 1 aromatic rings. The highest BCUT2D eigenvalue weighted by Crippen LogP contribution is 2.36. The van der Waals surface area contributed by atoms with Crippen molar-refractivity contribution in [2.75, 3.05) is 0 Å². The van der Waals surface area contributed by atoms with Crippen LogP contribution in [0.5, 0.6) is 0 Å². The van der Waals surface area contributed by atoms with E-state index in [-0.39, 0.29) is 12.0 Å². The van der Waals surface area contributed by atoms with Crippen LogP contribution in [0, 0.1) is 5.41 Å². The van der Waals surface area contributed by atoms with Crippen molar-refractivity contribution in [1.29, 1.82) is 0 Å². The van der Waals surface area contributed by atoms with Crippen molar-refractivity contribution >= 4 is 17.5 Å². The maximum absolute atomic E-state index is 12.4. The van der Waals surface area contributed by atoms with Gasteiger partial charge in [-0.25, -0.2) is 9.90 Å². The van der Waals surface area contributed by atoms with Gasteiger partial charge in [0.1, 0.15) is 0 Å². The Morgan fingerprint density at radius 3 is 2.65 bits per heavy atom. The second-order valence-corrected chi connectivity index (χ2v) is 6.18. The van der Waals surface area contributed by atoms with Crippen molar-refractivity contribution in [3.05, 3.63) is 34.9 Å². The van der Waals surface area contributed by atoms with Crippen LogP contribution in [0.1, 0.15) is 33.3 Å². The number of amides is 1. The number of carbonyl (C=O) groups excluding carboxylic acids is 1. The highest BCUT2D eigenvalue weighted by molar-refractivity contribution is 6.31. The van der Waals surface area contributed by atoms with E-state index in [4.69, 9.17) is 21.2 Å². The second-order valence-electron chi connectivity index (χ2n) is 5.78. The lowest BCUT2D eigenvalue weighted by Gasteiger charge is -2.22. The molecule has 0 aliphatic carbocycles. The number of nitrogens with zero attached hydrogens (tertiary/aromatic N) is 1. The first kappa shape index (κ1) is 15.3. The molecule has 4 nitrogen and oxygen atoms in total. The molecule has 1 heterocycles. The van der Waals surface area contributed by atoms with Gasteiger partial charge < -0.3 is 4.74 Å². The molecule has 20 heavy (non-hydrogen) atoms. The van der Waals surface area contributed by atoms with Crippen LogP contribution in [0.2, 0.25) is 5.02 Å². The quantitative estimate of drug-likeness (QED) is 0.855. The van der Waals surface area contributed by atoms with Gasteiger partial charge in [0.25, 0.3) is 5.91 Å². The summed E-state index contributed by atoms with van der Waals surface area (Å²) in [7, 11) is 0. The molecule has 1 unspecified atom stereocenters. The smallest absolute Gasteiger partial charge is 0.257 e. The summed E-state index contributed by atoms with van der Waals surface area (Å²) in [6, 6.07) is 7.41. The third-order valence-corrected chi connectivity index (χ3v) is 3.63. The predicted octanol–water partition coefficient (Wildman–Crippen LogP) is 3.39. The molecule has 2 rings (SSSR count). The van der Waals surface area contributed by atoms with Crippen molar-refractivity contribution < 1.29 is 14.4 Å². The van der Waals surface area contributed by atoms with Gasteiger partial charge in [0.2, 0.25) is 0 Å². The SMILES string of the molecule is CC(C)OC1ON(Cc2ccccc2Cl)C(=O)C1(C)C. The Bertz CT molecular complexity index is 502. The predicted molar refractivity (Wildman–Crippen MR) is 76.9 cm³/mol. The summed E-state index contributed by atoms with van der Waals surface area (Å²) >= 11 is 6.12. The zero-order valence-electron chi connectivity index (χ0n) is 12.2. The number of hydrogen-bond donors (Lipinski definition) is 0. The van der Waals surface area contributed by atoms with Crippen LogP contribution in [-0.4, -0.2) is 23.4 Å². The first-order valence-electron chi connectivity index (χ1n) is 6.70. The van der Waals surface area contributed by atoms with Gasteiger partial charge in [-0.3, -0.25) is 4.79 Å². The summed E-state index contributed by atoms with van der Waals surface area (Å²) in [5.74, 6) is -0.0944. The van der Waals surface area contributed by atoms with Gasteiger partial charge in [-0.1, -0.05) is 29.8 Å². The molecule has 0 N–H and O–H groups in total. The molecule has 1 saturated heterocycles. The standard InChI is InChI=1S/C15H20ClNO3/c1-10(2)19-14-15(3,4)13(18)17(20-14)9-11-7-5-6-8-12(11)16/h5-8,10,14H,9H2,1-4H3. The Labute approximate surface area is 124 Å². The first-order chi connectivity index (χ1) is 9.32. The van der Waals surface area contributed by atoms with Gasteiger partial charge in [-0.15, -0.1) is 0 Å². The molecule has 1 amide bonds. The van der Waals surface area contributed by atoms with E-state index < -0.39 is 11.7 Å². The minimum Gasteiger partial charge on any atom is -0.347 e. The number of carbonyl (C=O) groups is 1.